The lowest BCUT2D eigenvalue weighted by atomic mass is 10.1. The second-order valence-electron chi connectivity index (χ2n) is 7.30. The summed E-state index contributed by atoms with van der Waals surface area (Å²) < 4.78 is 7.79. The Bertz CT molecular complexity index is 1250. The van der Waals surface area contributed by atoms with E-state index in [0.717, 1.165) is 22.2 Å². The van der Waals surface area contributed by atoms with Crippen LogP contribution < -0.4 is 5.32 Å². The molecule has 1 aliphatic rings. The maximum Gasteiger partial charge on any atom is 0.247 e. The quantitative estimate of drug-likeness (QED) is 0.522. The van der Waals surface area contributed by atoms with Crippen molar-refractivity contribution in [3.8, 4) is 17.1 Å². The SMILES string of the molecule is O=C1CN(C(=O)/C=C/c2cn(-c3ccccc3)nc2-c2cc3ccccc3o2)CCN1. The first kappa shape index (κ1) is 18.9. The summed E-state index contributed by atoms with van der Waals surface area (Å²) in [6.45, 7) is 1.03. The summed E-state index contributed by atoms with van der Waals surface area (Å²) in [6.07, 6.45) is 5.07. The number of hydrogen-bond donors (Lipinski definition) is 1. The largest absolute Gasteiger partial charge is 0.454 e. The Balaban J connectivity index is 1.52. The minimum atomic E-state index is -0.210. The summed E-state index contributed by atoms with van der Waals surface area (Å²) in [4.78, 5) is 25.7. The van der Waals surface area contributed by atoms with Crippen LogP contribution in [0, 0.1) is 0 Å². The highest BCUT2D eigenvalue weighted by Gasteiger charge is 2.20. The number of fused-ring (bicyclic) bond motifs is 1. The van der Waals surface area contributed by atoms with Gasteiger partial charge in [-0.25, -0.2) is 4.68 Å². The van der Waals surface area contributed by atoms with Crippen molar-refractivity contribution in [3.05, 3.63) is 78.5 Å². The van der Waals surface area contributed by atoms with E-state index < -0.39 is 0 Å². The van der Waals surface area contributed by atoms with Crippen LogP contribution in [0.1, 0.15) is 5.56 Å². The average molecular weight is 412 g/mol. The van der Waals surface area contributed by atoms with Crippen molar-refractivity contribution < 1.29 is 14.0 Å². The zero-order chi connectivity index (χ0) is 21.2. The van der Waals surface area contributed by atoms with Crippen LogP contribution in [-0.2, 0) is 9.59 Å². The molecule has 1 aliphatic heterocycles. The highest BCUT2D eigenvalue weighted by molar-refractivity contribution is 5.96. The summed E-state index contributed by atoms with van der Waals surface area (Å²) in [5.41, 5.74) is 3.06. The van der Waals surface area contributed by atoms with E-state index in [0.29, 0.717) is 24.5 Å². The van der Waals surface area contributed by atoms with E-state index in [1.165, 1.54) is 11.0 Å². The Morgan fingerprint density at radius 2 is 1.90 bits per heavy atom. The molecule has 3 heterocycles. The van der Waals surface area contributed by atoms with Gasteiger partial charge in [0, 0.05) is 36.3 Å². The molecular formula is C24H20N4O3. The van der Waals surface area contributed by atoms with E-state index in [-0.39, 0.29) is 18.4 Å². The van der Waals surface area contributed by atoms with Crippen molar-refractivity contribution in [2.45, 2.75) is 0 Å². The fraction of sp³-hybridized carbons (Fsp3) is 0.125. The van der Waals surface area contributed by atoms with Gasteiger partial charge < -0.3 is 14.6 Å². The number of aromatic nitrogens is 2. The fourth-order valence-corrected chi connectivity index (χ4v) is 3.61. The molecule has 0 radical (unpaired) electrons. The van der Waals surface area contributed by atoms with Gasteiger partial charge in [-0.2, -0.15) is 5.10 Å². The molecule has 7 heteroatoms. The van der Waals surface area contributed by atoms with Crippen molar-refractivity contribution in [3.63, 3.8) is 0 Å². The molecule has 0 saturated carbocycles. The first-order valence-corrected chi connectivity index (χ1v) is 10.0. The Kier molecular flexibility index (Phi) is 4.84. The fourth-order valence-electron chi connectivity index (χ4n) is 3.61. The highest BCUT2D eigenvalue weighted by atomic mass is 16.3. The van der Waals surface area contributed by atoms with Crippen molar-refractivity contribution in [1.29, 1.82) is 0 Å². The first-order chi connectivity index (χ1) is 15.2. The third-order valence-corrected chi connectivity index (χ3v) is 5.18. The number of carbonyl (C=O) groups excluding carboxylic acids is 2. The molecule has 0 atom stereocenters. The van der Waals surface area contributed by atoms with Crippen molar-refractivity contribution in [2.24, 2.45) is 0 Å². The lowest BCUT2D eigenvalue weighted by Gasteiger charge is -2.25. The topological polar surface area (TPSA) is 80.4 Å². The lowest BCUT2D eigenvalue weighted by Crippen LogP contribution is -2.49. The molecule has 4 aromatic rings. The minimum absolute atomic E-state index is 0.0723. The zero-order valence-corrected chi connectivity index (χ0v) is 16.7. The number of nitrogens with zero attached hydrogens (tertiary/aromatic N) is 3. The van der Waals surface area contributed by atoms with Gasteiger partial charge >= 0.3 is 0 Å². The van der Waals surface area contributed by atoms with Crippen LogP contribution in [0.3, 0.4) is 0 Å². The molecule has 1 fully saturated rings. The van der Waals surface area contributed by atoms with Gasteiger partial charge in [-0.3, -0.25) is 9.59 Å². The van der Waals surface area contributed by atoms with Crippen LogP contribution in [0.4, 0.5) is 0 Å². The molecule has 154 valence electrons. The average Bonchev–Trinajstić information content (AvgIpc) is 3.42. The van der Waals surface area contributed by atoms with Crippen LogP contribution in [0.2, 0.25) is 0 Å². The van der Waals surface area contributed by atoms with E-state index in [4.69, 9.17) is 9.52 Å². The predicted octanol–water partition coefficient (Wildman–Crippen LogP) is 3.26. The maximum atomic E-state index is 12.6. The van der Waals surface area contributed by atoms with Gasteiger partial charge in [0.2, 0.25) is 11.8 Å². The number of amides is 2. The second kappa shape index (κ2) is 7.95. The zero-order valence-electron chi connectivity index (χ0n) is 16.7. The second-order valence-corrected chi connectivity index (χ2v) is 7.30. The normalized spacial score (nSPS) is 14.3. The van der Waals surface area contributed by atoms with E-state index in [9.17, 15) is 9.59 Å². The smallest absolute Gasteiger partial charge is 0.247 e. The minimum Gasteiger partial charge on any atom is -0.454 e. The van der Waals surface area contributed by atoms with E-state index >= 15 is 0 Å². The third-order valence-electron chi connectivity index (χ3n) is 5.18. The van der Waals surface area contributed by atoms with E-state index in [1.807, 2.05) is 66.9 Å². The van der Waals surface area contributed by atoms with E-state index in [2.05, 4.69) is 5.32 Å². The molecular weight excluding hydrogens is 392 g/mol. The number of piperazine rings is 1. The number of para-hydroxylation sites is 2. The molecule has 0 bridgehead atoms. The van der Waals surface area contributed by atoms with Crippen LogP contribution in [-0.4, -0.2) is 46.1 Å². The molecule has 1 N–H and O–H groups in total. The summed E-state index contributed by atoms with van der Waals surface area (Å²) in [5.74, 6) is 0.269. The van der Waals surface area contributed by atoms with Crippen LogP contribution in [0.15, 0.2) is 77.4 Å². The predicted molar refractivity (Wildman–Crippen MR) is 117 cm³/mol. The molecule has 2 amide bonds. The molecule has 5 rings (SSSR count). The number of benzene rings is 2. The molecule has 2 aromatic carbocycles. The van der Waals surface area contributed by atoms with Crippen molar-refractivity contribution in [2.75, 3.05) is 19.6 Å². The Morgan fingerprint density at radius 1 is 1.10 bits per heavy atom. The molecule has 0 unspecified atom stereocenters. The summed E-state index contributed by atoms with van der Waals surface area (Å²) in [5, 5.41) is 8.44. The molecule has 0 spiro atoms. The van der Waals surface area contributed by atoms with Crippen molar-refractivity contribution in [1.82, 2.24) is 20.0 Å². The molecule has 1 saturated heterocycles. The molecule has 7 nitrogen and oxygen atoms in total. The number of hydrogen-bond acceptors (Lipinski definition) is 4. The summed E-state index contributed by atoms with van der Waals surface area (Å²) in [6, 6.07) is 19.5. The number of carbonyl (C=O) groups is 2. The van der Waals surface area contributed by atoms with Crippen LogP contribution in [0.25, 0.3) is 34.2 Å². The van der Waals surface area contributed by atoms with Gasteiger partial charge in [-0.05, 0) is 30.3 Å². The van der Waals surface area contributed by atoms with Gasteiger partial charge in [-0.15, -0.1) is 0 Å². The third kappa shape index (κ3) is 3.85. The maximum absolute atomic E-state index is 12.6. The Hall–Kier alpha value is -4.13. The van der Waals surface area contributed by atoms with Gasteiger partial charge in [0.15, 0.2) is 5.76 Å². The summed E-state index contributed by atoms with van der Waals surface area (Å²) in [7, 11) is 0. The number of nitrogens with one attached hydrogen (secondary N) is 1. The summed E-state index contributed by atoms with van der Waals surface area (Å²) >= 11 is 0. The van der Waals surface area contributed by atoms with Crippen LogP contribution in [0.5, 0.6) is 0 Å². The monoisotopic (exact) mass is 412 g/mol. The van der Waals surface area contributed by atoms with Crippen molar-refractivity contribution >= 4 is 28.9 Å². The lowest BCUT2D eigenvalue weighted by molar-refractivity contribution is -0.134. The van der Waals surface area contributed by atoms with Gasteiger partial charge in [0.05, 0.1) is 12.2 Å². The number of furan rings is 1. The highest BCUT2D eigenvalue weighted by Crippen LogP contribution is 2.30. The molecule has 0 aliphatic carbocycles. The molecule has 31 heavy (non-hydrogen) atoms. The van der Waals surface area contributed by atoms with Gasteiger partial charge in [-0.1, -0.05) is 36.4 Å². The number of rotatable bonds is 4. The van der Waals surface area contributed by atoms with Gasteiger partial charge in [0.25, 0.3) is 0 Å². The van der Waals surface area contributed by atoms with E-state index in [1.54, 1.807) is 10.8 Å². The standard InChI is InChI=1S/C24H20N4O3/c29-22-16-27(13-12-25-22)23(30)11-10-18-15-28(19-7-2-1-3-8-19)26-24(18)21-14-17-6-4-5-9-20(17)31-21/h1-11,14-15H,12-13,16H2,(H,25,29)/b11-10+. The van der Waals surface area contributed by atoms with Gasteiger partial charge in [0.1, 0.15) is 11.3 Å². The molecule has 2 aromatic heterocycles. The Morgan fingerprint density at radius 3 is 2.71 bits per heavy atom. The Labute approximate surface area is 178 Å². The van der Waals surface area contributed by atoms with Crippen LogP contribution >= 0.6 is 0 Å². The first-order valence-electron chi connectivity index (χ1n) is 10.0.